The van der Waals surface area contributed by atoms with Crippen LogP contribution in [0.5, 0.6) is 11.5 Å². The van der Waals surface area contributed by atoms with Gasteiger partial charge < -0.3 is 10.2 Å². The minimum atomic E-state index is -4.19. The maximum Gasteiger partial charge on any atom is 0.0517 e. The number of benzene rings is 2. The molecule has 0 atom stereocenters. The summed E-state index contributed by atoms with van der Waals surface area (Å²) in [5.41, 5.74) is 1.36. The molecule has 2 heterocycles. The molecule has 2 saturated heterocycles. The van der Waals surface area contributed by atoms with Crippen molar-refractivity contribution >= 4 is 12.4 Å². The van der Waals surface area contributed by atoms with E-state index in [9.17, 15) is 10.2 Å². The number of rotatable bonds is 8. The van der Waals surface area contributed by atoms with Gasteiger partial charge in [0.2, 0.25) is 0 Å². The van der Waals surface area contributed by atoms with Gasteiger partial charge >= 0.3 is 45.9 Å². The van der Waals surface area contributed by atoms with Crippen LogP contribution in [-0.2, 0) is 17.1 Å². The molecule has 3 N–H and O–H groups in total. The van der Waals surface area contributed by atoms with Crippen LogP contribution in [0, 0.1) is 10.2 Å². The van der Waals surface area contributed by atoms with Crippen LogP contribution in [0.3, 0.4) is 0 Å². The molecule has 0 aromatic heterocycles. The predicted molar refractivity (Wildman–Crippen MR) is 116 cm³/mol. The summed E-state index contributed by atoms with van der Waals surface area (Å²) in [6, 6.07) is 13.9. The van der Waals surface area contributed by atoms with Crippen LogP contribution in [0.15, 0.2) is 58.5 Å². The Kier molecular flexibility index (Phi) is 13.9. The second-order valence-corrected chi connectivity index (χ2v) is 8.13. The standard InChI is InChI=1S/2C11H14N2O.ClH3O4.Fe/c2*14-11-4-2-1-3-10(11)9-12-5-6-13-7-8-13;2-1(3,4)5;/h2*1-4,9,14H,5-8H2;2-4H;/q;;;+5/p-2. The summed E-state index contributed by atoms with van der Waals surface area (Å²) < 4.78 is 30.2. The Bertz CT molecular complexity index is 831. The fourth-order valence-electron chi connectivity index (χ4n) is 2.49. The number of hydrogen-bond donors (Lipinski definition) is 3. The molecule has 2 aliphatic rings. The molecular formula is C22H29ClFeN4O6+3. The molecule has 4 rings (SSSR count). The molecule has 0 saturated carbocycles. The molecule has 0 unspecified atom stereocenters. The molecule has 34 heavy (non-hydrogen) atoms. The van der Waals surface area contributed by atoms with Gasteiger partial charge in [0.25, 0.3) is 0 Å². The summed E-state index contributed by atoms with van der Waals surface area (Å²) in [6.45, 7) is 8.40. The Labute approximate surface area is 211 Å². The number of nitrogens with zero attached hydrogens (tertiary/aromatic N) is 4. The zero-order chi connectivity index (χ0) is 24.1. The average Bonchev–Trinajstić information content (AvgIpc) is 3.66. The quantitative estimate of drug-likeness (QED) is 0.201. The van der Waals surface area contributed by atoms with Crippen molar-refractivity contribution in [1.29, 1.82) is 0 Å². The zero-order valence-electron chi connectivity index (χ0n) is 18.5. The van der Waals surface area contributed by atoms with E-state index in [0.29, 0.717) is 11.1 Å². The number of halogens is 1. The maximum absolute atomic E-state index is 11.3. The van der Waals surface area contributed by atoms with Crippen molar-refractivity contribution in [3.05, 3.63) is 59.7 Å². The average molecular weight is 537 g/mol. The number of aliphatic imine (C=N–C) groups is 2. The van der Waals surface area contributed by atoms with Crippen LogP contribution in [0.4, 0.5) is 0 Å². The zero-order valence-corrected chi connectivity index (χ0v) is 20.4. The summed E-state index contributed by atoms with van der Waals surface area (Å²) >= 11 is 0. The summed E-state index contributed by atoms with van der Waals surface area (Å²) in [5, 5.41) is 22.5. The fraction of sp³-hybridized carbons (Fsp3) is 0.364. The Morgan fingerprint density at radius 1 is 0.735 bits per heavy atom. The Hall–Kier alpha value is -2.05. The molecule has 0 amide bonds. The van der Waals surface area contributed by atoms with Crippen molar-refractivity contribution in [3.63, 3.8) is 0 Å². The molecule has 1 radical (unpaired) electrons. The van der Waals surface area contributed by atoms with Gasteiger partial charge in [0.1, 0.15) is 0 Å². The van der Waals surface area contributed by atoms with Gasteiger partial charge in [-0.15, -0.1) is 11.5 Å². The van der Waals surface area contributed by atoms with Gasteiger partial charge in [-0.05, 0) is 11.1 Å². The number of para-hydroxylation sites is 2. The fourth-order valence-corrected chi connectivity index (χ4v) is 2.49. The second kappa shape index (κ2) is 15.8. The normalized spacial score (nSPS) is 15.6. The molecule has 2 aliphatic heterocycles. The largest absolute Gasteiger partial charge is 0.872 e. The molecule has 0 aliphatic carbocycles. The summed E-state index contributed by atoms with van der Waals surface area (Å²) in [7, 11) is -4.19. The number of hydrogen-bond acceptors (Lipinski definition) is 10. The predicted octanol–water partition coefficient (Wildman–Crippen LogP) is -1.87. The van der Waals surface area contributed by atoms with E-state index in [2.05, 4.69) is 19.8 Å². The van der Waals surface area contributed by atoms with Crippen molar-refractivity contribution in [2.45, 2.75) is 0 Å². The van der Waals surface area contributed by atoms with E-state index in [0.717, 1.165) is 26.2 Å². The van der Waals surface area contributed by atoms with Gasteiger partial charge in [0.15, 0.2) is 0 Å². The molecule has 185 valence electrons. The maximum atomic E-state index is 11.3. The molecule has 2 fully saturated rings. The second-order valence-electron chi connectivity index (χ2n) is 7.26. The molecule has 0 spiro atoms. The molecule has 10 nitrogen and oxygen atoms in total. The van der Waals surface area contributed by atoms with E-state index in [1.807, 2.05) is 12.1 Å². The van der Waals surface area contributed by atoms with Crippen LogP contribution < -0.4 is 14.9 Å². The van der Waals surface area contributed by atoms with Crippen LogP contribution >= 0.6 is 0 Å². The first kappa shape index (κ1) is 30.0. The van der Waals surface area contributed by atoms with Crippen LogP contribution in [-0.4, -0.2) is 88.6 Å². The summed E-state index contributed by atoms with van der Waals surface area (Å²) in [4.78, 5) is 13.0. The van der Waals surface area contributed by atoms with Crippen molar-refractivity contribution in [2.24, 2.45) is 9.98 Å². The first-order chi connectivity index (χ1) is 15.7. The molecule has 12 heteroatoms. The van der Waals surface area contributed by atoms with Crippen LogP contribution in [0.1, 0.15) is 11.1 Å². The first-order valence-corrected chi connectivity index (χ1v) is 11.7. The monoisotopic (exact) mass is 536 g/mol. The van der Waals surface area contributed by atoms with Crippen molar-refractivity contribution in [3.8, 4) is 11.5 Å². The molecule has 2 aromatic rings. The van der Waals surface area contributed by atoms with E-state index >= 15 is 0 Å². The SMILES string of the molecule is [Fe+5].[O-][Cl+](O)(O)O.[O-]c1ccccc1C=NCCN1CC1.[O-]c1ccccc1C=NCCN1CC1. The van der Waals surface area contributed by atoms with Gasteiger partial charge in [0, 0.05) is 51.7 Å². The Morgan fingerprint density at radius 2 is 1.06 bits per heavy atom. The first-order valence-electron chi connectivity index (χ1n) is 10.3. The van der Waals surface area contributed by atoms with Crippen molar-refractivity contribution in [1.82, 2.24) is 9.80 Å². The Balaban J connectivity index is 0.000000278. The minimum Gasteiger partial charge on any atom is -0.872 e. The summed E-state index contributed by atoms with van der Waals surface area (Å²) in [6.07, 6.45) is 3.34. The van der Waals surface area contributed by atoms with Gasteiger partial charge in [-0.3, -0.25) is 19.8 Å². The smallest absolute Gasteiger partial charge is 0.0517 e. The van der Waals surface area contributed by atoms with Gasteiger partial charge in [-0.1, -0.05) is 48.5 Å². The minimum absolute atomic E-state index is 0. The molecule has 0 bridgehead atoms. The van der Waals surface area contributed by atoms with Crippen molar-refractivity contribution < 1.29 is 56.2 Å². The van der Waals surface area contributed by atoms with Crippen molar-refractivity contribution in [2.75, 3.05) is 52.4 Å². The van der Waals surface area contributed by atoms with Crippen LogP contribution in [0.25, 0.3) is 0 Å². The topological polar surface area (TPSA) is 161 Å². The third-order valence-corrected chi connectivity index (χ3v) is 4.47. The summed E-state index contributed by atoms with van der Waals surface area (Å²) in [5.74, 6) is 0.0888. The Morgan fingerprint density at radius 3 is 1.35 bits per heavy atom. The molecule has 2 aromatic carbocycles. The van der Waals surface area contributed by atoms with E-state index in [1.165, 1.54) is 26.2 Å². The third kappa shape index (κ3) is 15.7. The van der Waals surface area contributed by atoms with E-state index in [-0.39, 0.29) is 28.6 Å². The van der Waals surface area contributed by atoms with Gasteiger partial charge in [0.05, 0.1) is 13.1 Å². The van der Waals surface area contributed by atoms with E-state index in [4.69, 9.17) is 18.6 Å². The van der Waals surface area contributed by atoms with Gasteiger partial charge in [-0.25, -0.2) is 0 Å². The van der Waals surface area contributed by atoms with E-state index < -0.39 is 10.2 Å². The van der Waals surface area contributed by atoms with Crippen LogP contribution in [0.2, 0.25) is 0 Å². The molecular weight excluding hydrogens is 508 g/mol. The van der Waals surface area contributed by atoms with Gasteiger partial charge in [-0.2, -0.15) is 0 Å². The van der Waals surface area contributed by atoms with E-state index in [1.54, 1.807) is 48.8 Å². The third-order valence-electron chi connectivity index (χ3n) is 4.47.